The molecule has 0 aliphatic heterocycles. The first kappa shape index (κ1) is 16.9. The van der Waals surface area contributed by atoms with Gasteiger partial charge in [0.05, 0.1) is 21.7 Å². The minimum absolute atomic E-state index is 1.11. The predicted octanol–water partition coefficient (Wildman–Crippen LogP) is 1.73. The van der Waals surface area contributed by atoms with Crippen molar-refractivity contribution in [3.8, 4) is 0 Å². The van der Waals surface area contributed by atoms with E-state index in [1.165, 1.54) is 0 Å². The Morgan fingerprint density at radius 3 is 0.950 bits per heavy atom. The molecule has 0 aromatic heterocycles. The van der Waals surface area contributed by atoms with Gasteiger partial charge in [-0.05, 0) is 50.9 Å². The van der Waals surface area contributed by atoms with Gasteiger partial charge in [-0.3, -0.25) is 19.2 Å². The van der Waals surface area contributed by atoms with Crippen molar-refractivity contribution in [1.29, 1.82) is 0 Å². The average Bonchev–Trinajstić information content (AvgIpc) is 2.33. The molecule has 1 aliphatic carbocycles. The zero-order valence-electron chi connectivity index (χ0n) is 11.3. The van der Waals surface area contributed by atoms with Gasteiger partial charge in [0.15, 0.2) is 0 Å². The van der Waals surface area contributed by atoms with Crippen molar-refractivity contribution < 1.29 is 29.4 Å². The first-order valence-corrected chi connectivity index (χ1v) is 6.40. The maximum absolute atomic E-state index is 11.8. The van der Waals surface area contributed by atoms with Crippen molar-refractivity contribution in [2.45, 2.75) is 27.7 Å². The average molecular weight is 325 g/mol. The summed E-state index contributed by atoms with van der Waals surface area (Å²) in [6.45, 7) is 4.49. The van der Waals surface area contributed by atoms with Crippen molar-refractivity contribution in [3.63, 3.8) is 0 Å². The Labute approximate surface area is 125 Å². The molecule has 1 fully saturated rings. The van der Waals surface area contributed by atoms with Crippen LogP contribution in [0.4, 0.5) is 0 Å². The molecule has 0 atom stereocenters. The predicted molar refractivity (Wildman–Crippen MR) is 69.4 cm³/mol. The molecule has 0 unspecified atom stereocenters. The fourth-order valence-corrected chi connectivity index (χ4v) is 4.34. The zero-order chi connectivity index (χ0) is 16.3. The molecule has 8 heteroatoms. The van der Waals surface area contributed by atoms with E-state index in [4.69, 9.17) is 23.2 Å². The molecule has 20 heavy (non-hydrogen) atoms. The number of carbonyl (C=O) groups is 4. The Morgan fingerprint density at radius 1 is 0.650 bits per heavy atom. The third kappa shape index (κ3) is 1.22. The number of carboxylic acid groups (broad SMARTS) is 2. The highest BCUT2D eigenvalue weighted by molar-refractivity contribution is 6.67. The summed E-state index contributed by atoms with van der Waals surface area (Å²) in [6.07, 6.45) is 0. The Morgan fingerprint density at radius 2 is 0.850 bits per heavy atom. The lowest BCUT2D eigenvalue weighted by atomic mass is 9.26. The van der Waals surface area contributed by atoms with Crippen LogP contribution in [-0.2, 0) is 19.2 Å². The van der Waals surface area contributed by atoms with Gasteiger partial charge in [0, 0.05) is 0 Å². The number of carbonyl (C=O) groups excluding carboxylic acids is 2. The molecule has 1 aliphatic rings. The maximum Gasteiger partial charge on any atom is 0.311 e. The number of rotatable bonds is 4. The largest absolute Gasteiger partial charge is 0.481 e. The fourth-order valence-electron chi connectivity index (χ4n) is 3.58. The van der Waals surface area contributed by atoms with E-state index in [0.29, 0.717) is 0 Å². The molecule has 0 radical (unpaired) electrons. The van der Waals surface area contributed by atoms with E-state index in [2.05, 4.69) is 0 Å². The van der Waals surface area contributed by atoms with Crippen molar-refractivity contribution in [1.82, 2.24) is 0 Å². The van der Waals surface area contributed by atoms with E-state index in [1.807, 2.05) is 0 Å². The summed E-state index contributed by atoms with van der Waals surface area (Å²) >= 11 is 11.0. The van der Waals surface area contributed by atoms with Crippen LogP contribution in [0.1, 0.15) is 27.7 Å². The molecular weight excluding hydrogens is 311 g/mol. The fraction of sp³-hybridized carbons (Fsp3) is 0.667. The second kappa shape index (κ2) is 4.18. The van der Waals surface area contributed by atoms with E-state index in [-0.39, 0.29) is 0 Å². The minimum atomic E-state index is -2.04. The van der Waals surface area contributed by atoms with E-state index < -0.39 is 44.1 Å². The van der Waals surface area contributed by atoms with Gasteiger partial charge in [-0.25, -0.2) is 0 Å². The third-order valence-corrected chi connectivity index (χ3v) is 6.40. The van der Waals surface area contributed by atoms with E-state index in [0.717, 1.165) is 27.7 Å². The Bertz CT molecular complexity index is 434. The summed E-state index contributed by atoms with van der Waals surface area (Å²) in [4.78, 5) is 46.8. The Balaban J connectivity index is 3.86. The van der Waals surface area contributed by atoms with Crippen LogP contribution in [-0.4, -0.2) is 32.6 Å². The Kier molecular flexibility index (Phi) is 3.53. The summed E-state index contributed by atoms with van der Waals surface area (Å²) in [6, 6.07) is 0. The highest BCUT2D eigenvalue weighted by Crippen LogP contribution is 2.79. The van der Waals surface area contributed by atoms with Crippen LogP contribution < -0.4 is 0 Å². The number of hydrogen-bond donors (Lipinski definition) is 2. The van der Waals surface area contributed by atoms with Crippen LogP contribution in [0.5, 0.6) is 0 Å². The summed E-state index contributed by atoms with van der Waals surface area (Å²) in [5, 5.41) is 16.6. The van der Waals surface area contributed by atoms with Gasteiger partial charge in [0.2, 0.25) is 10.5 Å². The first-order valence-electron chi connectivity index (χ1n) is 5.64. The molecule has 0 aromatic carbocycles. The van der Waals surface area contributed by atoms with Crippen molar-refractivity contribution in [2.75, 3.05) is 0 Å². The van der Waals surface area contributed by atoms with Gasteiger partial charge in [0.1, 0.15) is 0 Å². The lowest BCUT2D eigenvalue weighted by Crippen LogP contribution is -2.83. The first-order chi connectivity index (χ1) is 8.77. The SMILES string of the molecule is CC1(C(=O)O)C(C)(C(=O)Cl)C(C)(C(=O)O)C1(C)C(=O)Cl. The van der Waals surface area contributed by atoms with Crippen LogP contribution in [0, 0.1) is 21.7 Å². The molecule has 0 amide bonds. The molecule has 0 saturated heterocycles. The Hall–Kier alpha value is -1.14. The van der Waals surface area contributed by atoms with Crippen molar-refractivity contribution in [3.05, 3.63) is 0 Å². The van der Waals surface area contributed by atoms with Crippen LogP contribution in [0.3, 0.4) is 0 Å². The van der Waals surface area contributed by atoms with Gasteiger partial charge in [0.25, 0.3) is 0 Å². The van der Waals surface area contributed by atoms with E-state index in [9.17, 15) is 29.4 Å². The maximum atomic E-state index is 11.8. The molecular formula is C12H14Cl2O6. The standard InChI is InChI=1S/C12H14Cl2O6/c1-9(5(13)15)11(3,7(17)18)10(2,6(14)16)12(9,4)8(19)20/h1-4H3,(H,17,18)(H,19,20). The quantitative estimate of drug-likeness (QED) is 0.762. The highest BCUT2D eigenvalue weighted by atomic mass is 35.5. The lowest BCUT2D eigenvalue weighted by Gasteiger charge is -2.71. The lowest BCUT2D eigenvalue weighted by molar-refractivity contribution is -0.274. The smallest absolute Gasteiger partial charge is 0.311 e. The monoisotopic (exact) mass is 324 g/mol. The normalized spacial score (nSPS) is 43.5. The summed E-state index contributed by atoms with van der Waals surface area (Å²) in [5.41, 5.74) is -8.05. The molecule has 2 N–H and O–H groups in total. The number of carboxylic acids is 2. The van der Waals surface area contributed by atoms with Gasteiger partial charge in [-0.1, -0.05) is 0 Å². The van der Waals surface area contributed by atoms with Gasteiger partial charge < -0.3 is 10.2 Å². The summed E-state index contributed by atoms with van der Waals surface area (Å²) in [5.74, 6) is -3.02. The molecule has 1 rings (SSSR count). The summed E-state index contributed by atoms with van der Waals surface area (Å²) in [7, 11) is 0. The third-order valence-electron chi connectivity index (χ3n) is 5.64. The van der Waals surface area contributed by atoms with Gasteiger partial charge >= 0.3 is 11.9 Å². The van der Waals surface area contributed by atoms with Crippen LogP contribution in [0.2, 0.25) is 0 Å². The molecule has 112 valence electrons. The van der Waals surface area contributed by atoms with E-state index in [1.54, 1.807) is 0 Å². The van der Waals surface area contributed by atoms with Crippen molar-refractivity contribution in [2.24, 2.45) is 21.7 Å². The topological polar surface area (TPSA) is 109 Å². The number of halogens is 2. The number of hydrogen-bond acceptors (Lipinski definition) is 4. The second-order valence-corrected chi connectivity index (χ2v) is 6.34. The highest BCUT2D eigenvalue weighted by Gasteiger charge is 2.90. The molecule has 1 saturated carbocycles. The molecule has 0 bridgehead atoms. The summed E-state index contributed by atoms with van der Waals surface area (Å²) < 4.78 is 0. The zero-order valence-corrected chi connectivity index (χ0v) is 12.8. The van der Waals surface area contributed by atoms with E-state index >= 15 is 0 Å². The van der Waals surface area contributed by atoms with Gasteiger partial charge in [-0.2, -0.15) is 0 Å². The van der Waals surface area contributed by atoms with Crippen LogP contribution >= 0.6 is 23.2 Å². The number of aliphatic carboxylic acids is 2. The second-order valence-electron chi connectivity index (χ2n) is 5.66. The van der Waals surface area contributed by atoms with Gasteiger partial charge in [-0.15, -0.1) is 0 Å². The van der Waals surface area contributed by atoms with Crippen molar-refractivity contribution >= 4 is 45.6 Å². The molecule has 0 heterocycles. The minimum Gasteiger partial charge on any atom is -0.481 e. The van der Waals surface area contributed by atoms with Crippen LogP contribution in [0.15, 0.2) is 0 Å². The molecule has 0 aromatic rings. The molecule has 0 spiro atoms. The molecule has 6 nitrogen and oxygen atoms in total. The van der Waals surface area contributed by atoms with Crippen LogP contribution in [0.25, 0.3) is 0 Å².